The highest BCUT2D eigenvalue weighted by Gasteiger charge is 2.54. The molecule has 3 aromatic carbocycles. The van der Waals surface area contributed by atoms with E-state index in [9.17, 15) is 4.79 Å². The number of unbranched alkanes of at least 4 members (excludes halogenated alkanes) is 1. The molecule has 33 heavy (non-hydrogen) atoms. The van der Waals surface area contributed by atoms with E-state index in [1.54, 1.807) is 0 Å². The molecular formula is C30H32O3. The molecule has 0 bridgehead atoms. The van der Waals surface area contributed by atoms with Crippen molar-refractivity contribution >= 4 is 5.78 Å². The fourth-order valence-corrected chi connectivity index (χ4v) is 5.53. The minimum Gasteiger partial charge on any atom is -0.348 e. The first kappa shape index (κ1) is 22.1. The Balaban J connectivity index is 1.30. The standard InChI is InChI=1S/C30H32O3/c31-28-20-27(19-11-10-14-24-12-4-1-5-13-24)30(21-28)32-22-29(23-33-30,25-15-6-2-7-16-25)26-17-8-3-9-18-26/h1-9,12-13,15-18,27H,10-11,14,19-23H2/t27-/m0/s1. The number of aryl methyl sites for hydroxylation is 1. The van der Waals surface area contributed by atoms with E-state index < -0.39 is 5.79 Å². The Hall–Kier alpha value is -2.75. The van der Waals surface area contributed by atoms with Crippen LogP contribution in [0.5, 0.6) is 0 Å². The van der Waals surface area contributed by atoms with Crippen molar-refractivity contribution < 1.29 is 14.3 Å². The van der Waals surface area contributed by atoms with Crippen molar-refractivity contribution in [2.24, 2.45) is 5.92 Å². The highest BCUT2D eigenvalue weighted by molar-refractivity contribution is 5.82. The number of carbonyl (C=O) groups excluding carboxylic acids is 1. The number of Topliss-reactive ketones (excluding diaryl/α,β-unsaturated/α-hetero) is 1. The molecule has 1 aliphatic heterocycles. The van der Waals surface area contributed by atoms with Crippen LogP contribution in [0, 0.1) is 5.92 Å². The van der Waals surface area contributed by atoms with E-state index in [-0.39, 0.29) is 17.1 Å². The predicted octanol–water partition coefficient (Wildman–Crippen LogP) is 6.11. The topological polar surface area (TPSA) is 35.5 Å². The van der Waals surface area contributed by atoms with E-state index in [4.69, 9.17) is 9.47 Å². The molecule has 3 aromatic rings. The second-order valence-corrected chi connectivity index (χ2v) is 9.55. The van der Waals surface area contributed by atoms with E-state index in [1.165, 1.54) is 16.7 Å². The molecule has 1 saturated carbocycles. The van der Waals surface area contributed by atoms with Gasteiger partial charge in [-0.15, -0.1) is 0 Å². The van der Waals surface area contributed by atoms with Gasteiger partial charge in [0.2, 0.25) is 0 Å². The van der Waals surface area contributed by atoms with Gasteiger partial charge in [-0.25, -0.2) is 0 Å². The van der Waals surface area contributed by atoms with Crippen LogP contribution in [0.4, 0.5) is 0 Å². The second-order valence-electron chi connectivity index (χ2n) is 9.55. The molecule has 0 radical (unpaired) electrons. The van der Waals surface area contributed by atoms with Crippen LogP contribution in [0.25, 0.3) is 0 Å². The first-order chi connectivity index (χ1) is 16.2. The van der Waals surface area contributed by atoms with E-state index in [2.05, 4.69) is 78.9 Å². The fourth-order valence-electron chi connectivity index (χ4n) is 5.53. The summed E-state index contributed by atoms with van der Waals surface area (Å²) in [6.07, 6.45) is 5.15. The quantitative estimate of drug-likeness (QED) is 0.416. The molecule has 1 aliphatic carbocycles. The monoisotopic (exact) mass is 440 g/mol. The van der Waals surface area contributed by atoms with Crippen molar-refractivity contribution in [3.63, 3.8) is 0 Å². The molecule has 0 unspecified atom stereocenters. The van der Waals surface area contributed by atoms with E-state index in [1.807, 2.05) is 12.1 Å². The normalized spacial score (nSPS) is 21.3. The number of benzene rings is 3. The summed E-state index contributed by atoms with van der Waals surface area (Å²) in [5, 5.41) is 0. The van der Waals surface area contributed by atoms with Crippen molar-refractivity contribution in [2.75, 3.05) is 13.2 Å². The lowest BCUT2D eigenvalue weighted by Crippen LogP contribution is -2.54. The first-order valence-corrected chi connectivity index (χ1v) is 12.1. The Labute approximate surface area is 196 Å². The lowest BCUT2D eigenvalue weighted by Gasteiger charge is -2.47. The van der Waals surface area contributed by atoms with Crippen molar-refractivity contribution in [3.8, 4) is 0 Å². The molecule has 2 aliphatic rings. The van der Waals surface area contributed by atoms with E-state index in [0.29, 0.717) is 26.1 Å². The molecule has 3 heteroatoms. The maximum Gasteiger partial charge on any atom is 0.178 e. The van der Waals surface area contributed by atoms with Crippen molar-refractivity contribution in [3.05, 3.63) is 108 Å². The average molecular weight is 441 g/mol. The Morgan fingerprint density at radius 3 is 1.85 bits per heavy atom. The molecule has 3 nitrogen and oxygen atoms in total. The van der Waals surface area contributed by atoms with Gasteiger partial charge in [0.1, 0.15) is 5.78 Å². The molecule has 2 fully saturated rings. The molecule has 0 N–H and O–H groups in total. The van der Waals surface area contributed by atoms with Crippen LogP contribution >= 0.6 is 0 Å². The molecule has 1 heterocycles. The summed E-state index contributed by atoms with van der Waals surface area (Å²) in [4.78, 5) is 12.5. The van der Waals surface area contributed by atoms with Gasteiger partial charge >= 0.3 is 0 Å². The molecule has 0 aromatic heterocycles. The predicted molar refractivity (Wildman–Crippen MR) is 130 cm³/mol. The first-order valence-electron chi connectivity index (χ1n) is 12.1. The van der Waals surface area contributed by atoms with E-state index >= 15 is 0 Å². The SMILES string of the molecule is O=C1C[C@H](CCCCc2ccccc2)C2(C1)OCC(c1ccccc1)(c1ccccc1)CO2. The third-order valence-electron chi connectivity index (χ3n) is 7.43. The van der Waals surface area contributed by atoms with Crippen LogP contribution in [0.2, 0.25) is 0 Å². The van der Waals surface area contributed by atoms with Gasteiger partial charge in [0.15, 0.2) is 5.79 Å². The van der Waals surface area contributed by atoms with Gasteiger partial charge in [-0.05, 0) is 36.0 Å². The third-order valence-corrected chi connectivity index (χ3v) is 7.43. The van der Waals surface area contributed by atoms with Crippen molar-refractivity contribution in [1.82, 2.24) is 0 Å². The molecule has 0 amide bonds. The van der Waals surface area contributed by atoms with Crippen LogP contribution < -0.4 is 0 Å². The summed E-state index contributed by atoms with van der Waals surface area (Å²) in [6, 6.07) is 31.6. The van der Waals surface area contributed by atoms with Gasteiger partial charge in [0.05, 0.1) is 25.0 Å². The second kappa shape index (κ2) is 9.62. The van der Waals surface area contributed by atoms with Gasteiger partial charge in [-0.2, -0.15) is 0 Å². The Bertz CT molecular complexity index is 996. The fraction of sp³-hybridized carbons (Fsp3) is 0.367. The molecule has 1 saturated heterocycles. The van der Waals surface area contributed by atoms with Crippen LogP contribution in [-0.4, -0.2) is 24.8 Å². The lowest BCUT2D eigenvalue weighted by molar-refractivity contribution is -0.300. The lowest BCUT2D eigenvalue weighted by atomic mass is 9.74. The Morgan fingerprint density at radius 1 is 0.727 bits per heavy atom. The van der Waals surface area contributed by atoms with Gasteiger partial charge in [-0.3, -0.25) is 4.79 Å². The summed E-state index contributed by atoms with van der Waals surface area (Å²) in [5.74, 6) is -0.378. The maximum absolute atomic E-state index is 12.5. The zero-order valence-corrected chi connectivity index (χ0v) is 19.1. The Morgan fingerprint density at radius 2 is 1.27 bits per heavy atom. The third kappa shape index (κ3) is 4.53. The summed E-state index contributed by atoms with van der Waals surface area (Å²) in [7, 11) is 0. The maximum atomic E-state index is 12.5. The molecular weight excluding hydrogens is 408 g/mol. The number of ketones is 1. The van der Waals surface area contributed by atoms with Crippen LogP contribution in [0.15, 0.2) is 91.0 Å². The van der Waals surface area contributed by atoms with E-state index in [0.717, 1.165) is 25.7 Å². The Kier molecular flexibility index (Phi) is 6.43. The summed E-state index contributed by atoms with van der Waals surface area (Å²) >= 11 is 0. The summed E-state index contributed by atoms with van der Waals surface area (Å²) < 4.78 is 13.2. The number of hydrogen-bond donors (Lipinski definition) is 0. The molecule has 1 atom stereocenters. The van der Waals surface area contributed by atoms with Crippen LogP contribution in [-0.2, 0) is 26.1 Å². The smallest absolute Gasteiger partial charge is 0.178 e. The summed E-state index contributed by atoms with van der Waals surface area (Å²) in [5.41, 5.74) is 3.39. The van der Waals surface area contributed by atoms with Gasteiger partial charge < -0.3 is 9.47 Å². The largest absolute Gasteiger partial charge is 0.348 e. The van der Waals surface area contributed by atoms with Crippen LogP contribution in [0.1, 0.15) is 48.8 Å². The van der Waals surface area contributed by atoms with Crippen molar-refractivity contribution in [1.29, 1.82) is 0 Å². The number of hydrogen-bond acceptors (Lipinski definition) is 3. The molecule has 5 rings (SSSR count). The number of rotatable bonds is 7. The van der Waals surface area contributed by atoms with Crippen LogP contribution in [0.3, 0.4) is 0 Å². The molecule has 1 spiro atoms. The zero-order chi connectivity index (χ0) is 22.6. The minimum atomic E-state index is -0.767. The number of carbonyl (C=O) groups is 1. The number of ether oxygens (including phenoxy) is 2. The van der Waals surface area contributed by atoms with Gasteiger partial charge in [0.25, 0.3) is 0 Å². The highest BCUT2D eigenvalue weighted by Crippen LogP contribution is 2.47. The average Bonchev–Trinajstić information content (AvgIpc) is 3.18. The highest BCUT2D eigenvalue weighted by atomic mass is 16.7. The minimum absolute atomic E-state index is 0.130. The van der Waals surface area contributed by atoms with Gasteiger partial charge in [-0.1, -0.05) is 97.4 Å². The van der Waals surface area contributed by atoms with Gasteiger partial charge in [0, 0.05) is 12.3 Å². The zero-order valence-electron chi connectivity index (χ0n) is 19.1. The van der Waals surface area contributed by atoms with Crippen molar-refractivity contribution in [2.45, 2.75) is 49.7 Å². The summed E-state index contributed by atoms with van der Waals surface area (Å²) in [6.45, 7) is 1.05. The molecule has 170 valence electrons.